The average Bonchev–Trinajstić information content (AvgIpc) is 2.84. The van der Waals surface area contributed by atoms with Crippen LogP contribution in [-0.2, 0) is 0 Å². The maximum atomic E-state index is 11.8. The van der Waals surface area contributed by atoms with Crippen LogP contribution in [0, 0.1) is 5.41 Å². The van der Waals surface area contributed by atoms with Crippen LogP contribution < -0.4 is 10.6 Å². The molecule has 5 nitrogen and oxygen atoms in total. The summed E-state index contributed by atoms with van der Waals surface area (Å²) in [5, 5.41) is 14.5. The van der Waals surface area contributed by atoms with E-state index in [2.05, 4.69) is 24.5 Å². The number of rotatable bonds is 3. The van der Waals surface area contributed by atoms with Crippen molar-refractivity contribution in [2.24, 2.45) is 5.41 Å². The Morgan fingerprint density at radius 1 is 1.42 bits per heavy atom. The minimum absolute atomic E-state index is 0.0945. The number of carbonyl (C=O) groups excluding carboxylic acids is 1. The first-order valence-electron chi connectivity index (χ1n) is 5.90. The monoisotopic (exact) mass is 282 g/mol. The Morgan fingerprint density at radius 2 is 2.05 bits per heavy atom. The molecule has 1 fully saturated rings. The normalized spacial score (nSPS) is 19.6. The third-order valence-electron chi connectivity index (χ3n) is 3.29. The number of hydrogen-bond donors (Lipinski definition) is 3. The molecule has 0 aromatic heterocycles. The lowest BCUT2D eigenvalue weighted by atomic mass is 10.2. The first-order valence-corrected chi connectivity index (χ1v) is 6.28. The fraction of sp³-hybridized carbons (Fsp3) is 0.385. The molecule has 1 aliphatic rings. The largest absolute Gasteiger partial charge is 0.478 e. The van der Waals surface area contributed by atoms with Gasteiger partial charge in [0.2, 0.25) is 0 Å². The molecule has 1 unspecified atom stereocenters. The van der Waals surface area contributed by atoms with Crippen molar-refractivity contribution in [2.75, 3.05) is 5.32 Å². The van der Waals surface area contributed by atoms with Crippen LogP contribution in [0.5, 0.6) is 0 Å². The summed E-state index contributed by atoms with van der Waals surface area (Å²) in [7, 11) is 0. The van der Waals surface area contributed by atoms with E-state index in [1.165, 1.54) is 12.1 Å². The van der Waals surface area contributed by atoms with Crippen LogP contribution in [0.3, 0.4) is 0 Å². The molecule has 1 saturated carbocycles. The molecule has 102 valence electrons. The summed E-state index contributed by atoms with van der Waals surface area (Å²) >= 11 is 5.82. The Hall–Kier alpha value is -1.75. The van der Waals surface area contributed by atoms with Gasteiger partial charge >= 0.3 is 12.0 Å². The second-order valence-electron chi connectivity index (χ2n) is 5.31. The Balaban J connectivity index is 2.09. The summed E-state index contributed by atoms with van der Waals surface area (Å²) in [6.07, 6.45) is 0.918. The van der Waals surface area contributed by atoms with Gasteiger partial charge in [-0.2, -0.15) is 0 Å². The van der Waals surface area contributed by atoms with E-state index in [1.807, 2.05) is 0 Å². The van der Waals surface area contributed by atoms with Crippen molar-refractivity contribution in [2.45, 2.75) is 26.3 Å². The first kappa shape index (κ1) is 13.7. The summed E-state index contributed by atoms with van der Waals surface area (Å²) < 4.78 is 0. The van der Waals surface area contributed by atoms with Gasteiger partial charge in [-0.15, -0.1) is 0 Å². The quantitative estimate of drug-likeness (QED) is 0.797. The minimum atomic E-state index is -1.17. The van der Waals surface area contributed by atoms with Gasteiger partial charge in [0.1, 0.15) is 5.56 Å². The summed E-state index contributed by atoms with van der Waals surface area (Å²) in [4.78, 5) is 22.9. The number of carboxylic acids is 1. The number of aromatic carboxylic acids is 1. The van der Waals surface area contributed by atoms with Crippen LogP contribution in [0.25, 0.3) is 0 Å². The van der Waals surface area contributed by atoms with E-state index in [9.17, 15) is 9.59 Å². The molecule has 1 aliphatic carbocycles. The summed E-state index contributed by atoms with van der Waals surface area (Å²) in [6, 6.07) is 4.27. The SMILES string of the molecule is CC1(C)CC1NC(=O)Nc1cccc(Cl)c1C(=O)O. The van der Waals surface area contributed by atoms with Gasteiger partial charge in [-0.3, -0.25) is 0 Å². The van der Waals surface area contributed by atoms with E-state index in [4.69, 9.17) is 16.7 Å². The molecule has 0 bridgehead atoms. The summed E-state index contributed by atoms with van der Waals surface area (Å²) in [5.74, 6) is -1.17. The molecule has 0 radical (unpaired) electrons. The van der Waals surface area contributed by atoms with Crippen molar-refractivity contribution in [3.05, 3.63) is 28.8 Å². The zero-order valence-corrected chi connectivity index (χ0v) is 11.4. The molecule has 3 N–H and O–H groups in total. The third-order valence-corrected chi connectivity index (χ3v) is 3.61. The summed E-state index contributed by atoms with van der Waals surface area (Å²) in [5.41, 5.74) is 0.201. The number of nitrogens with one attached hydrogen (secondary N) is 2. The Kier molecular flexibility index (Phi) is 3.41. The molecule has 0 spiro atoms. The number of carbonyl (C=O) groups is 2. The Bertz CT molecular complexity index is 543. The standard InChI is InChI=1S/C13H15ClN2O3/c1-13(2)6-9(13)16-12(19)15-8-5-3-4-7(14)10(8)11(17)18/h3-5,9H,6H2,1-2H3,(H,17,18)(H2,15,16,19). The number of benzene rings is 1. The van der Waals surface area contributed by atoms with Gasteiger partial charge < -0.3 is 15.7 Å². The molecule has 1 aromatic rings. The Morgan fingerprint density at radius 3 is 2.58 bits per heavy atom. The van der Waals surface area contributed by atoms with E-state index >= 15 is 0 Å². The predicted octanol–water partition coefficient (Wildman–Crippen LogP) is 2.96. The summed E-state index contributed by atoms with van der Waals surface area (Å²) in [6.45, 7) is 4.11. The molecule has 2 amide bonds. The van der Waals surface area contributed by atoms with Gasteiger partial charge in [0, 0.05) is 6.04 Å². The molecule has 19 heavy (non-hydrogen) atoms. The molecule has 1 aromatic carbocycles. The lowest BCUT2D eigenvalue weighted by molar-refractivity contribution is 0.0698. The number of amides is 2. The lowest BCUT2D eigenvalue weighted by Crippen LogP contribution is -2.33. The molecule has 2 rings (SSSR count). The number of urea groups is 1. The van der Waals surface area contributed by atoms with Crippen molar-refractivity contribution < 1.29 is 14.7 Å². The minimum Gasteiger partial charge on any atom is -0.478 e. The van der Waals surface area contributed by atoms with Crippen molar-refractivity contribution in [1.82, 2.24) is 5.32 Å². The highest BCUT2D eigenvalue weighted by Gasteiger charge is 2.46. The molecular formula is C13H15ClN2O3. The van der Waals surface area contributed by atoms with Gasteiger partial charge in [0.15, 0.2) is 0 Å². The van der Waals surface area contributed by atoms with Crippen molar-refractivity contribution in [3.63, 3.8) is 0 Å². The van der Waals surface area contributed by atoms with E-state index in [-0.39, 0.29) is 27.7 Å². The number of carboxylic acid groups (broad SMARTS) is 1. The van der Waals surface area contributed by atoms with Crippen LogP contribution in [0.4, 0.5) is 10.5 Å². The van der Waals surface area contributed by atoms with Crippen LogP contribution in [-0.4, -0.2) is 23.1 Å². The number of halogens is 1. The van der Waals surface area contributed by atoms with Gasteiger partial charge in [-0.05, 0) is 24.0 Å². The average molecular weight is 283 g/mol. The van der Waals surface area contributed by atoms with Crippen LogP contribution in [0.2, 0.25) is 5.02 Å². The maximum absolute atomic E-state index is 11.8. The van der Waals surface area contributed by atoms with Crippen molar-refractivity contribution in [3.8, 4) is 0 Å². The van der Waals surface area contributed by atoms with Gasteiger partial charge in [-0.25, -0.2) is 9.59 Å². The van der Waals surface area contributed by atoms with E-state index in [0.717, 1.165) is 6.42 Å². The maximum Gasteiger partial charge on any atom is 0.339 e. The molecular weight excluding hydrogens is 268 g/mol. The van der Waals surface area contributed by atoms with Crippen LogP contribution in [0.1, 0.15) is 30.6 Å². The fourth-order valence-corrected chi connectivity index (χ4v) is 2.13. The highest BCUT2D eigenvalue weighted by Crippen LogP contribution is 2.44. The highest BCUT2D eigenvalue weighted by molar-refractivity contribution is 6.34. The van der Waals surface area contributed by atoms with Gasteiger partial charge in [-0.1, -0.05) is 31.5 Å². The predicted molar refractivity (Wildman–Crippen MR) is 72.8 cm³/mol. The number of anilines is 1. The zero-order chi connectivity index (χ0) is 14.2. The van der Waals surface area contributed by atoms with Gasteiger partial charge in [0.25, 0.3) is 0 Å². The van der Waals surface area contributed by atoms with Crippen LogP contribution >= 0.6 is 11.6 Å². The van der Waals surface area contributed by atoms with E-state index in [0.29, 0.717) is 0 Å². The van der Waals surface area contributed by atoms with Crippen LogP contribution in [0.15, 0.2) is 18.2 Å². The number of hydrogen-bond acceptors (Lipinski definition) is 2. The highest BCUT2D eigenvalue weighted by atomic mass is 35.5. The van der Waals surface area contributed by atoms with Gasteiger partial charge in [0.05, 0.1) is 10.7 Å². The topological polar surface area (TPSA) is 78.4 Å². The molecule has 0 saturated heterocycles. The molecule has 1 atom stereocenters. The second kappa shape index (κ2) is 4.74. The van der Waals surface area contributed by atoms with E-state index < -0.39 is 12.0 Å². The molecule has 0 aliphatic heterocycles. The second-order valence-corrected chi connectivity index (χ2v) is 5.72. The van der Waals surface area contributed by atoms with E-state index in [1.54, 1.807) is 6.07 Å². The van der Waals surface area contributed by atoms with Crippen molar-refractivity contribution in [1.29, 1.82) is 0 Å². The first-order chi connectivity index (χ1) is 8.81. The molecule has 0 heterocycles. The fourth-order valence-electron chi connectivity index (χ4n) is 1.88. The lowest BCUT2D eigenvalue weighted by Gasteiger charge is -2.11. The smallest absolute Gasteiger partial charge is 0.339 e. The molecule has 6 heteroatoms. The van der Waals surface area contributed by atoms with Crippen molar-refractivity contribution >= 4 is 29.3 Å². The third kappa shape index (κ3) is 2.98. The Labute approximate surface area is 116 Å². The zero-order valence-electron chi connectivity index (χ0n) is 10.7.